The molecule has 0 saturated carbocycles. The van der Waals surface area contributed by atoms with Crippen LogP contribution < -0.4 is 5.32 Å². The molecule has 1 aliphatic rings. The monoisotopic (exact) mass is 379 g/mol. The maximum atomic E-state index is 12.9. The third-order valence-electron chi connectivity index (χ3n) is 4.14. The van der Waals surface area contributed by atoms with Gasteiger partial charge in [0.05, 0.1) is 17.1 Å². The zero-order valence-electron chi connectivity index (χ0n) is 14.4. The summed E-state index contributed by atoms with van der Waals surface area (Å²) in [5.41, 5.74) is 0.575. The second-order valence-electron chi connectivity index (χ2n) is 5.89. The third kappa shape index (κ3) is 4.06. The fourth-order valence-electron chi connectivity index (χ4n) is 2.80. The summed E-state index contributed by atoms with van der Waals surface area (Å²) in [4.78, 5) is 13.8. The maximum absolute atomic E-state index is 12.9. The van der Waals surface area contributed by atoms with Crippen LogP contribution in [0.25, 0.3) is 5.69 Å². The molecule has 1 amide bonds. The molecule has 140 valence electrons. The molecule has 1 N–H and O–H groups in total. The van der Waals surface area contributed by atoms with Crippen molar-refractivity contribution in [3.63, 3.8) is 0 Å². The number of nitrogens with zero attached hydrogens (tertiary/aromatic N) is 6. The van der Waals surface area contributed by atoms with E-state index in [1.54, 1.807) is 24.3 Å². The number of benzene rings is 1. The molecular weight excluding hydrogens is 358 g/mol. The van der Waals surface area contributed by atoms with Gasteiger partial charge in [-0.1, -0.05) is 6.07 Å². The normalized spacial score (nSPS) is 16.5. The molecule has 2 heterocycles. The molecule has 0 unspecified atom stereocenters. The lowest BCUT2D eigenvalue weighted by molar-refractivity contribution is -0.122. The SMILES string of the molecule is CCNC(=O)CN1CCN(S(=O)(=O)c2cccc(-n3cnnn3)c2)CC1. The minimum Gasteiger partial charge on any atom is -0.355 e. The van der Waals surface area contributed by atoms with Gasteiger partial charge in [-0.15, -0.1) is 5.10 Å². The second kappa shape index (κ2) is 7.89. The lowest BCUT2D eigenvalue weighted by Gasteiger charge is -2.33. The number of aromatic nitrogens is 4. The van der Waals surface area contributed by atoms with E-state index in [0.29, 0.717) is 38.4 Å². The van der Waals surface area contributed by atoms with E-state index in [-0.39, 0.29) is 17.3 Å². The van der Waals surface area contributed by atoms with E-state index in [4.69, 9.17) is 0 Å². The van der Waals surface area contributed by atoms with Crippen LogP contribution in [0, 0.1) is 0 Å². The first-order valence-electron chi connectivity index (χ1n) is 8.33. The first-order valence-corrected chi connectivity index (χ1v) is 9.77. The van der Waals surface area contributed by atoms with Crippen LogP contribution in [0.1, 0.15) is 6.92 Å². The van der Waals surface area contributed by atoms with Crippen molar-refractivity contribution in [2.75, 3.05) is 39.3 Å². The lowest BCUT2D eigenvalue weighted by atomic mass is 10.3. The lowest BCUT2D eigenvalue weighted by Crippen LogP contribution is -2.51. The van der Waals surface area contributed by atoms with Crippen molar-refractivity contribution in [3.05, 3.63) is 30.6 Å². The number of likely N-dealkylation sites (N-methyl/N-ethyl adjacent to an activating group) is 1. The summed E-state index contributed by atoms with van der Waals surface area (Å²) < 4.78 is 28.7. The van der Waals surface area contributed by atoms with Gasteiger partial charge >= 0.3 is 0 Å². The Morgan fingerprint density at radius 1 is 1.23 bits per heavy atom. The number of hydrogen-bond acceptors (Lipinski definition) is 7. The van der Waals surface area contributed by atoms with Gasteiger partial charge in [0.2, 0.25) is 15.9 Å². The second-order valence-corrected chi connectivity index (χ2v) is 7.82. The van der Waals surface area contributed by atoms with Crippen LogP contribution in [0.2, 0.25) is 0 Å². The number of piperazine rings is 1. The summed E-state index contributed by atoms with van der Waals surface area (Å²) in [6.45, 7) is 4.47. The van der Waals surface area contributed by atoms with Crippen LogP contribution >= 0.6 is 0 Å². The number of sulfonamides is 1. The molecule has 0 aliphatic carbocycles. The molecule has 1 aromatic heterocycles. The van der Waals surface area contributed by atoms with Gasteiger partial charge in [-0.2, -0.15) is 4.31 Å². The Kier molecular flexibility index (Phi) is 5.59. The molecule has 0 radical (unpaired) electrons. The molecule has 11 heteroatoms. The van der Waals surface area contributed by atoms with Crippen molar-refractivity contribution in [1.29, 1.82) is 0 Å². The van der Waals surface area contributed by atoms with Gasteiger partial charge in [0.1, 0.15) is 6.33 Å². The highest BCUT2D eigenvalue weighted by Gasteiger charge is 2.29. The van der Waals surface area contributed by atoms with E-state index < -0.39 is 10.0 Å². The van der Waals surface area contributed by atoms with Crippen molar-refractivity contribution in [1.82, 2.24) is 34.7 Å². The van der Waals surface area contributed by atoms with E-state index in [0.717, 1.165) is 0 Å². The molecule has 0 spiro atoms. The van der Waals surface area contributed by atoms with Gasteiger partial charge in [0.25, 0.3) is 0 Å². The van der Waals surface area contributed by atoms with Gasteiger partial charge in [0, 0.05) is 32.7 Å². The molecule has 26 heavy (non-hydrogen) atoms. The highest BCUT2D eigenvalue weighted by atomic mass is 32.2. The average molecular weight is 379 g/mol. The zero-order valence-corrected chi connectivity index (χ0v) is 15.3. The average Bonchev–Trinajstić information content (AvgIpc) is 3.17. The van der Waals surface area contributed by atoms with Gasteiger partial charge in [-0.25, -0.2) is 13.1 Å². The molecule has 1 aliphatic heterocycles. The highest BCUT2D eigenvalue weighted by molar-refractivity contribution is 7.89. The van der Waals surface area contributed by atoms with E-state index >= 15 is 0 Å². The van der Waals surface area contributed by atoms with E-state index in [2.05, 4.69) is 20.8 Å². The van der Waals surface area contributed by atoms with Crippen LogP contribution in [0.4, 0.5) is 0 Å². The van der Waals surface area contributed by atoms with Crippen LogP contribution in [0.15, 0.2) is 35.5 Å². The highest BCUT2D eigenvalue weighted by Crippen LogP contribution is 2.20. The molecule has 2 aromatic rings. The number of tetrazole rings is 1. The van der Waals surface area contributed by atoms with Crippen molar-refractivity contribution < 1.29 is 13.2 Å². The van der Waals surface area contributed by atoms with Crippen LogP contribution in [-0.4, -0.2) is 83.0 Å². The fourth-order valence-corrected chi connectivity index (χ4v) is 4.26. The van der Waals surface area contributed by atoms with Crippen molar-refractivity contribution >= 4 is 15.9 Å². The number of carbonyl (C=O) groups is 1. The van der Waals surface area contributed by atoms with Gasteiger partial charge < -0.3 is 5.32 Å². The molecule has 1 aromatic carbocycles. The Labute approximate surface area is 151 Å². The van der Waals surface area contributed by atoms with E-state index in [1.165, 1.54) is 15.3 Å². The molecule has 1 fully saturated rings. The summed E-state index contributed by atoms with van der Waals surface area (Å²) >= 11 is 0. The predicted octanol–water partition coefficient (Wildman–Crippen LogP) is -0.895. The minimum absolute atomic E-state index is 0.0436. The van der Waals surface area contributed by atoms with E-state index in [9.17, 15) is 13.2 Å². The third-order valence-corrected chi connectivity index (χ3v) is 6.04. The molecule has 10 nitrogen and oxygen atoms in total. The van der Waals surface area contributed by atoms with Crippen molar-refractivity contribution in [3.8, 4) is 5.69 Å². The Bertz CT molecular complexity index is 846. The maximum Gasteiger partial charge on any atom is 0.243 e. The number of hydrogen-bond donors (Lipinski definition) is 1. The Morgan fingerprint density at radius 3 is 2.65 bits per heavy atom. The Balaban J connectivity index is 1.68. The summed E-state index contributed by atoms with van der Waals surface area (Å²) in [6.07, 6.45) is 1.41. The van der Waals surface area contributed by atoms with Crippen LogP contribution in [0.3, 0.4) is 0 Å². The Hall–Kier alpha value is -2.37. The predicted molar refractivity (Wildman–Crippen MR) is 93.0 cm³/mol. The van der Waals surface area contributed by atoms with Crippen molar-refractivity contribution in [2.24, 2.45) is 0 Å². The topological polar surface area (TPSA) is 113 Å². The zero-order chi connectivity index (χ0) is 18.6. The summed E-state index contributed by atoms with van der Waals surface area (Å²) in [5, 5.41) is 13.6. The largest absolute Gasteiger partial charge is 0.355 e. The first-order chi connectivity index (χ1) is 12.5. The summed E-state index contributed by atoms with van der Waals surface area (Å²) in [6, 6.07) is 6.51. The molecule has 3 rings (SSSR count). The minimum atomic E-state index is -3.61. The number of rotatable bonds is 6. The molecule has 0 atom stereocenters. The number of amides is 1. The van der Waals surface area contributed by atoms with Crippen LogP contribution in [-0.2, 0) is 14.8 Å². The standard InChI is InChI=1S/C15H21N7O3S/c1-2-16-15(23)11-20-6-8-21(9-7-20)26(24,25)14-5-3-4-13(10-14)22-12-17-18-19-22/h3-5,10,12H,2,6-9,11H2,1H3,(H,16,23). The van der Waals surface area contributed by atoms with E-state index in [1.807, 2.05) is 11.8 Å². The summed E-state index contributed by atoms with van der Waals surface area (Å²) in [5.74, 6) is -0.0436. The van der Waals surface area contributed by atoms with Gasteiger partial charge in [0.15, 0.2) is 0 Å². The number of nitrogens with one attached hydrogen (secondary N) is 1. The first kappa shape index (κ1) is 18.4. The van der Waals surface area contributed by atoms with Gasteiger partial charge in [-0.3, -0.25) is 9.69 Å². The summed E-state index contributed by atoms with van der Waals surface area (Å²) in [7, 11) is -3.61. The molecule has 1 saturated heterocycles. The molecule has 0 bridgehead atoms. The Morgan fingerprint density at radius 2 is 2.00 bits per heavy atom. The smallest absolute Gasteiger partial charge is 0.243 e. The molecular formula is C15H21N7O3S. The van der Waals surface area contributed by atoms with Crippen molar-refractivity contribution in [2.45, 2.75) is 11.8 Å². The fraction of sp³-hybridized carbons (Fsp3) is 0.467. The van der Waals surface area contributed by atoms with Gasteiger partial charge in [-0.05, 0) is 35.5 Å². The quantitative estimate of drug-likeness (QED) is 0.692. The van der Waals surface area contributed by atoms with Crippen LogP contribution in [0.5, 0.6) is 0 Å². The number of carbonyl (C=O) groups excluding carboxylic acids is 1.